The maximum absolute atomic E-state index is 14.1. The summed E-state index contributed by atoms with van der Waals surface area (Å²) in [5.41, 5.74) is 6.23. The van der Waals surface area contributed by atoms with Crippen LogP contribution in [0.15, 0.2) is 30.3 Å². The molecule has 0 spiro atoms. The maximum atomic E-state index is 14.1. The van der Waals surface area contributed by atoms with Crippen LogP contribution in [-0.4, -0.2) is 114 Å². The lowest BCUT2D eigenvalue weighted by Gasteiger charge is -2.41. The van der Waals surface area contributed by atoms with Crippen LogP contribution in [0, 0.1) is 17.8 Å². The zero-order valence-corrected chi connectivity index (χ0v) is 32.4. The molecule has 1 aliphatic heterocycles. The van der Waals surface area contributed by atoms with Crippen molar-refractivity contribution < 1.29 is 38.6 Å². The molecule has 2 fully saturated rings. The monoisotopic (exact) mass is 729 g/mol. The molecule has 13 nitrogen and oxygen atoms in total. The summed E-state index contributed by atoms with van der Waals surface area (Å²) in [7, 11) is 4.73. The second-order valence-corrected chi connectivity index (χ2v) is 15.2. The van der Waals surface area contributed by atoms with Crippen LogP contribution in [0.25, 0.3) is 0 Å². The van der Waals surface area contributed by atoms with E-state index in [1.807, 2.05) is 58.0 Å². The van der Waals surface area contributed by atoms with Crippen molar-refractivity contribution in [2.24, 2.45) is 23.5 Å². The van der Waals surface area contributed by atoms with Crippen molar-refractivity contribution in [2.75, 3.05) is 27.8 Å². The Morgan fingerprint density at radius 1 is 1.00 bits per heavy atom. The summed E-state index contributed by atoms with van der Waals surface area (Å²) in [4.78, 5) is 70.4. The van der Waals surface area contributed by atoms with E-state index in [2.05, 4.69) is 10.6 Å². The van der Waals surface area contributed by atoms with Gasteiger partial charge in [-0.2, -0.15) is 0 Å². The van der Waals surface area contributed by atoms with Crippen LogP contribution in [0.2, 0.25) is 0 Å². The van der Waals surface area contributed by atoms with E-state index >= 15 is 0 Å². The molecule has 0 bridgehead atoms. The van der Waals surface area contributed by atoms with Gasteiger partial charge in [-0.3, -0.25) is 19.2 Å². The predicted molar refractivity (Wildman–Crippen MR) is 198 cm³/mol. The lowest BCUT2D eigenvalue weighted by atomic mass is 9.89. The average Bonchev–Trinajstić information content (AvgIpc) is 3.80. The smallest absolute Gasteiger partial charge is 0.326 e. The van der Waals surface area contributed by atoms with Gasteiger partial charge in [-0.15, -0.1) is 0 Å². The third-order valence-electron chi connectivity index (χ3n) is 11.3. The number of likely N-dealkylation sites (N-methyl/N-ethyl adjacent to an activating group) is 1. The van der Waals surface area contributed by atoms with Crippen LogP contribution < -0.4 is 16.4 Å². The Labute approximate surface area is 309 Å². The fraction of sp³-hybridized carbons (Fsp3) is 0.718. The Morgan fingerprint density at radius 2 is 1.63 bits per heavy atom. The van der Waals surface area contributed by atoms with Gasteiger partial charge in [0.15, 0.2) is 0 Å². The maximum Gasteiger partial charge on any atom is 0.326 e. The Bertz CT molecular complexity index is 1350. The van der Waals surface area contributed by atoms with Gasteiger partial charge < -0.3 is 40.7 Å². The van der Waals surface area contributed by atoms with Crippen molar-refractivity contribution in [1.82, 2.24) is 20.4 Å². The van der Waals surface area contributed by atoms with Crippen molar-refractivity contribution in [1.29, 1.82) is 0 Å². The number of carbonyl (C=O) groups excluding carboxylic acids is 4. The van der Waals surface area contributed by atoms with E-state index in [9.17, 15) is 29.1 Å². The third kappa shape index (κ3) is 10.5. The average molecular weight is 730 g/mol. The fourth-order valence-electron chi connectivity index (χ4n) is 7.91. The van der Waals surface area contributed by atoms with Gasteiger partial charge in [0.05, 0.1) is 42.2 Å². The number of methoxy groups -OCH3 is 2. The van der Waals surface area contributed by atoms with E-state index in [1.165, 1.54) is 14.2 Å². The van der Waals surface area contributed by atoms with Gasteiger partial charge in [-0.25, -0.2) is 4.79 Å². The molecule has 0 aromatic heterocycles. The van der Waals surface area contributed by atoms with E-state index in [0.29, 0.717) is 38.6 Å². The van der Waals surface area contributed by atoms with Gasteiger partial charge in [0.1, 0.15) is 12.1 Å². The summed E-state index contributed by atoms with van der Waals surface area (Å²) >= 11 is 0. The largest absolute Gasteiger partial charge is 0.480 e. The third-order valence-corrected chi connectivity index (χ3v) is 11.3. The molecule has 4 amide bonds. The molecule has 292 valence electrons. The number of benzene rings is 1. The highest BCUT2D eigenvalue weighted by Crippen LogP contribution is 2.31. The first kappa shape index (κ1) is 42.9. The summed E-state index contributed by atoms with van der Waals surface area (Å²) in [6, 6.07) is 6.26. The van der Waals surface area contributed by atoms with E-state index in [1.54, 1.807) is 23.8 Å². The van der Waals surface area contributed by atoms with E-state index < -0.39 is 59.7 Å². The van der Waals surface area contributed by atoms with E-state index in [4.69, 9.17) is 15.2 Å². The van der Waals surface area contributed by atoms with Crippen molar-refractivity contribution in [3.63, 3.8) is 0 Å². The number of nitrogens with zero attached hydrogens (tertiary/aromatic N) is 2. The lowest BCUT2D eigenvalue weighted by Crippen LogP contribution is -2.61. The Hall–Kier alpha value is -3.55. The van der Waals surface area contributed by atoms with Gasteiger partial charge in [0, 0.05) is 34.2 Å². The number of hydrogen-bond donors (Lipinski definition) is 4. The number of nitrogens with one attached hydrogen (secondary N) is 2. The Morgan fingerprint density at radius 3 is 2.17 bits per heavy atom. The molecule has 0 radical (unpaired) electrons. The molecular formula is C39H63N5O8. The zero-order valence-electron chi connectivity index (χ0n) is 32.4. The van der Waals surface area contributed by atoms with Crippen molar-refractivity contribution in [2.45, 2.75) is 134 Å². The highest BCUT2D eigenvalue weighted by Gasteiger charge is 2.44. The molecule has 1 saturated carbocycles. The highest BCUT2D eigenvalue weighted by molar-refractivity contribution is 5.92. The van der Waals surface area contributed by atoms with Crippen LogP contribution in [0.5, 0.6) is 0 Å². The van der Waals surface area contributed by atoms with Gasteiger partial charge in [-0.1, -0.05) is 84.2 Å². The Balaban J connectivity index is 1.76. The number of ether oxygens (including phenoxy) is 2. The number of amides is 4. The predicted octanol–water partition coefficient (Wildman–Crippen LogP) is 3.13. The highest BCUT2D eigenvalue weighted by atomic mass is 16.5. The zero-order chi connectivity index (χ0) is 38.7. The molecule has 1 saturated heterocycles. The molecule has 13 heteroatoms. The van der Waals surface area contributed by atoms with Crippen LogP contribution in [0.1, 0.15) is 91.5 Å². The number of carboxylic acids is 1. The summed E-state index contributed by atoms with van der Waals surface area (Å²) in [5.74, 6) is -3.38. The van der Waals surface area contributed by atoms with Gasteiger partial charge in [0.2, 0.25) is 23.6 Å². The summed E-state index contributed by atoms with van der Waals surface area (Å²) in [6.45, 7) is 9.96. The lowest BCUT2D eigenvalue weighted by molar-refractivity contribution is -0.148. The van der Waals surface area contributed by atoms with Crippen LogP contribution in [0.4, 0.5) is 0 Å². The minimum absolute atomic E-state index is 0.0145. The minimum atomic E-state index is -1.14. The first-order valence-electron chi connectivity index (χ1n) is 18.9. The number of carboxylic acid groups (broad SMARTS) is 1. The molecular weight excluding hydrogens is 666 g/mol. The molecule has 1 aromatic rings. The van der Waals surface area contributed by atoms with Crippen LogP contribution >= 0.6 is 0 Å². The molecule has 1 aromatic carbocycles. The van der Waals surface area contributed by atoms with Gasteiger partial charge in [0.25, 0.3) is 0 Å². The summed E-state index contributed by atoms with van der Waals surface area (Å²) in [6.07, 6.45) is 3.71. The first-order chi connectivity index (χ1) is 24.6. The van der Waals surface area contributed by atoms with Gasteiger partial charge in [-0.05, 0) is 43.1 Å². The SMILES string of the molecule is CC[C@H](C)[C@@H]([C@@H](CC(=O)N1CCC[C@H]1[C@H](OC)[C@@H](C)C(=O)N[C@@H](Cc1ccccc1)C(=O)O)OC)N(C)C(=O)[C@@H](NC(=O)C1(N)CCCC1)C(C)C. The van der Waals surface area contributed by atoms with E-state index in [-0.39, 0.29) is 42.4 Å². The number of aliphatic carboxylic acids is 1. The standard InChI is InChI=1S/C39H63N5O8/c1-9-25(4)33(43(6)36(47)32(24(2)3)42-38(50)39(40)19-13-14-20-39)30(51-7)23-31(45)44-21-15-18-29(44)34(52-8)26(5)35(46)41-28(37(48)49)22-27-16-11-10-12-17-27/h10-12,16-17,24-26,28-30,32-34H,9,13-15,18-23,40H2,1-8H3,(H,41,46)(H,42,50)(H,48,49)/t25-,26+,28-,29-,30+,32-,33-,34+/m0/s1. The molecule has 8 atom stereocenters. The molecule has 5 N–H and O–H groups in total. The molecule has 3 rings (SSSR count). The summed E-state index contributed by atoms with van der Waals surface area (Å²) in [5, 5.41) is 15.5. The summed E-state index contributed by atoms with van der Waals surface area (Å²) < 4.78 is 11.8. The quantitative estimate of drug-likeness (QED) is 0.166. The van der Waals surface area contributed by atoms with E-state index in [0.717, 1.165) is 18.4 Å². The topological polar surface area (TPSA) is 181 Å². The number of carbonyl (C=O) groups is 5. The molecule has 52 heavy (non-hydrogen) atoms. The molecule has 0 unspecified atom stereocenters. The van der Waals surface area contributed by atoms with Crippen molar-refractivity contribution >= 4 is 29.6 Å². The van der Waals surface area contributed by atoms with Gasteiger partial charge >= 0.3 is 5.97 Å². The molecule has 2 aliphatic rings. The molecule has 1 heterocycles. The second kappa shape index (κ2) is 19.5. The van der Waals surface area contributed by atoms with Crippen molar-refractivity contribution in [3.05, 3.63) is 35.9 Å². The second-order valence-electron chi connectivity index (χ2n) is 15.2. The number of likely N-dealkylation sites (tertiary alicyclic amines) is 1. The van der Waals surface area contributed by atoms with Crippen molar-refractivity contribution in [3.8, 4) is 0 Å². The normalized spacial score (nSPS) is 21.0. The fourth-order valence-corrected chi connectivity index (χ4v) is 7.91. The van der Waals surface area contributed by atoms with Crippen LogP contribution in [-0.2, 0) is 39.9 Å². The number of rotatable bonds is 19. The number of nitrogens with two attached hydrogens (primary N) is 1. The minimum Gasteiger partial charge on any atom is -0.480 e. The molecule has 1 aliphatic carbocycles. The number of hydrogen-bond acceptors (Lipinski definition) is 8. The van der Waals surface area contributed by atoms with Crippen LogP contribution in [0.3, 0.4) is 0 Å². The Kier molecular flexibility index (Phi) is 16.1. The first-order valence-corrected chi connectivity index (χ1v) is 18.9.